The SMILES string of the molecule is Cn1nnc(CNCCCCCCBr)n1. The second-order valence-corrected chi connectivity index (χ2v) is 4.27. The maximum Gasteiger partial charge on any atom is 0.188 e. The topological polar surface area (TPSA) is 55.6 Å². The molecular weight excluding hydrogens is 258 g/mol. The highest BCUT2D eigenvalue weighted by molar-refractivity contribution is 9.09. The number of tetrazole rings is 1. The molecule has 15 heavy (non-hydrogen) atoms. The van der Waals surface area contributed by atoms with E-state index in [0.717, 1.165) is 17.7 Å². The van der Waals surface area contributed by atoms with Crippen molar-refractivity contribution >= 4 is 15.9 Å². The van der Waals surface area contributed by atoms with Crippen molar-refractivity contribution in [2.75, 3.05) is 11.9 Å². The number of hydrogen-bond acceptors (Lipinski definition) is 4. The smallest absolute Gasteiger partial charge is 0.188 e. The third-order valence-corrected chi connectivity index (χ3v) is 2.63. The van der Waals surface area contributed by atoms with Crippen LogP contribution in [0.4, 0.5) is 0 Å². The molecule has 5 nitrogen and oxygen atoms in total. The molecule has 0 unspecified atom stereocenters. The van der Waals surface area contributed by atoms with Crippen molar-refractivity contribution < 1.29 is 0 Å². The Labute approximate surface area is 98.8 Å². The highest BCUT2D eigenvalue weighted by Crippen LogP contribution is 2.00. The van der Waals surface area contributed by atoms with E-state index in [1.165, 1.54) is 30.5 Å². The number of nitrogens with zero attached hydrogens (tertiary/aromatic N) is 4. The van der Waals surface area contributed by atoms with E-state index in [0.29, 0.717) is 6.54 Å². The number of alkyl halides is 1. The first-order valence-electron chi connectivity index (χ1n) is 5.32. The number of rotatable bonds is 8. The molecule has 0 aliphatic heterocycles. The number of hydrogen-bond donors (Lipinski definition) is 1. The zero-order chi connectivity index (χ0) is 10.9. The second-order valence-electron chi connectivity index (χ2n) is 3.48. The summed E-state index contributed by atoms with van der Waals surface area (Å²) in [5.74, 6) is 0.762. The third-order valence-electron chi connectivity index (χ3n) is 2.07. The molecule has 0 saturated heterocycles. The van der Waals surface area contributed by atoms with Crippen molar-refractivity contribution in [3.8, 4) is 0 Å². The third kappa shape index (κ3) is 5.84. The van der Waals surface area contributed by atoms with Crippen LogP contribution in [0.2, 0.25) is 0 Å². The van der Waals surface area contributed by atoms with E-state index in [1.54, 1.807) is 7.05 Å². The van der Waals surface area contributed by atoms with Crippen LogP contribution in [0.15, 0.2) is 0 Å². The minimum Gasteiger partial charge on any atom is -0.310 e. The fourth-order valence-electron chi connectivity index (χ4n) is 1.29. The Bertz CT molecular complexity index is 263. The van der Waals surface area contributed by atoms with E-state index in [9.17, 15) is 0 Å². The lowest BCUT2D eigenvalue weighted by Crippen LogP contribution is -2.15. The maximum absolute atomic E-state index is 4.08. The molecule has 6 heteroatoms. The lowest BCUT2D eigenvalue weighted by atomic mass is 10.2. The zero-order valence-electron chi connectivity index (χ0n) is 9.12. The van der Waals surface area contributed by atoms with Gasteiger partial charge in [0.05, 0.1) is 13.6 Å². The normalized spacial score (nSPS) is 10.8. The highest BCUT2D eigenvalue weighted by atomic mass is 79.9. The minimum atomic E-state index is 0.715. The van der Waals surface area contributed by atoms with E-state index in [-0.39, 0.29) is 0 Å². The molecule has 0 radical (unpaired) electrons. The Morgan fingerprint density at radius 2 is 2.07 bits per heavy atom. The van der Waals surface area contributed by atoms with Gasteiger partial charge >= 0.3 is 0 Å². The van der Waals surface area contributed by atoms with Crippen LogP contribution in [-0.2, 0) is 13.6 Å². The van der Waals surface area contributed by atoms with Crippen LogP contribution in [0.3, 0.4) is 0 Å². The zero-order valence-corrected chi connectivity index (χ0v) is 10.7. The summed E-state index contributed by atoms with van der Waals surface area (Å²) in [5, 5.41) is 16.2. The quantitative estimate of drug-likeness (QED) is 0.573. The van der Waals surface area contributed by atoms with Gasteiger partial charge in [-0.25, -0.2) is 0 Å². The lowest BCUT2D eigenvalue weighted by Gasteiger charge is -2.01. The van der Waals surface area contributed by atoms with Crippen LogP contribution >= 0.6 is 15.9 Å². The van der Waals surface area contributed by atoms with Gasteiger partial charge in [0.2, 0.25) is 0 Å². The fraction of sp³-hybridized carbons (Fsp3) is 0.889. The van der Waals surface area contributed by atoms with Crippen LogP contribution in [0.25, 0.3) is 0 Å². The van der Waals surface area contributed by atoms with Gasteiger partial charge in [-0.05, 0) is 24.6 Å². The van der Waals surface area contributed by atoms with Gasteiger partial charge < -0.3 is 5.32 Å². The van der Waals surface area contributed by atoms with Gasteiger partial charge in [0, 0.05) is 5.33 Å². The first kappa shape index (κ1) is 12.6. The summed E-state index contributed by atoms with van der Waals surface area (Å²) < 4.78 is 0. The maximum atomic E-state index is 4.08. The van der Waals surface area contributed by atoms with Gasteiger partial charge in [-0.2, -0.15) is 4.80 Å². The average Bonchev–Trinajstić information content (AvgIpc) is 2.63. The number of nitrogens with one attached hydrogen (secondary N) is 1. The van der Waals surface area contributed by atoms with Crippen molar-refractivity contribution in [2.45, 2.75) is 32.2 Å². The number of aromatic nitrogens is 4. The largest absolute Gasteiger partial charge is 0.310 e. The summed E-state index contributed by atoms with van der Waals surface area (Å²) in [7, 11) is 1.77. The molecule has 0 aliphatic carbocycles. The van der Waals surface area contributed by atoms with E-state index >= 15 is 0 Å². The van der Waals surface area contributed by atoms with Crippen LogP contribution < -0.4 is 5.32 Å². The second kappa shape index (κ2) is 7.76. The fourth-order valence-corrected chi connectivity index (χ4v) is 1.69. The molecule has 1 aromatic heterocycles. The first-order chi connectivity index (χ1) is 7.33. The van der Waals surface area contributed by atoms with E-state index in [2.05, 4.69) is 36.7 Å². The summed E-state index contributed by atoms with van der Waals surface area (Å²) in [4.78, 5) is 1.48. The van der Waals surface area contributed by atoms with Gasteiger partial charge in [0.25, 0.3) is 0 Å². The van der Waals surface area contributed by atoms with Crippen molar-refractivity contribution in [3.05, 3.63) is 5.82 Å². The summed E-state index contributed by atoms with van der Waals surface area (Å²) in [6.07, 6.45) is 5.07. The predicted octanol–water partition coefficient (Wildman–Crippen LogP) is 1.25. The molecule has 0 amide bonds. The molecule has 1 rings (SSSR count). The Kier molecular flexibility index (Phi) is 6.50. The van der Waals surface area contributed by atoms with Crippen molar-refractivity contribution in [3.63, 3.8) is 0 Å². The summed E-state index contributed by atoms with van der Waals surface area (Å²) >= 11 is 3.42. The van der Waals surface area contributed by atoms with Gasteiger partial charge in [0.1, 0.15) is 0 Å². The number of halogens is 1. The standard InChI is InChI=1S/C9H18BrN5/c1-15-13-9(12-14-15)8-11-7-5-3-2-4-6-10/h11H,2-8H2,1H3. The van der Waals surface area contributed by atoms with Gasteiger partial charge in [-0.1, -0.05) is 28.8 Å². The average molecular weight is 276 g/mol. The van der Waals surface area contributed by atoms with E-state index in [4.69, 9.17) is 0 Å². The van der Waals surface area contributed by atoms with Gasteiger partial charge in [0.15, 0.2) is 5.82 Å². The monoisotopic (exact) mass is 275 g/mol. The first-order valence-corrected chi connectivity index (χ1v) is 6.44. The van der Waals surface area contributed by atoms with Crippen molar-refractivity contribution in [1.82, 2.24) is 25.5 Å². The summed E-state index contributed by atoms with van der Waals surface area (Å²) in [6.45, 7) is 1.74. The Morgan fingerprint density at radius 3 is 2.73 bits per heavy atom. The summed E-state index contributed by atoms with van der Waals surface area (Å²) in [6, 6.07) is 0. The van der Waals surface area contributed by atoms with Crippen LogP contribution in [0, 0.1) is 0 Å². The summed E-state index contributed by atoms with van der Waals surface area (Å²) in [5.41, 5.74) is 0. The molecule has 0 atom stereocenters. The minimum absolute atomic E-state index is 0.715. The molecule has 0 aromatic carbocycles. The lowest BCUT2D eigenvalue weighted by molar-refractivity contribution is 0.584. The van der Waals surface area contributed by atoms with E-state index in [1.807, 2.05) is 0 Å². The Morgan fingerprint density at radius 1 is 1.27 bits per heavy atom. The van der Waals surface area contributed by atoms with Crippen molar-refractivity contribution in [2.24, 2.45) is 7.05 Å². The number of aryl methyl sites for hydroxylation is 1. The Hall–Kier alpha value is -0.490. The Balaban J connectivity index is 1.93. The molecule has 0 bridgehead atoms. The van der Waals surface area contributed by atoms with E-state index < -0.39 is 0 Å². The molecular formula is C9H18BrN5. The molecule has 0 spiro atoms. The molecule has 0 aliphatic rings. The van der Waals surface area contributed by atoms with Crippen molar-refractivity contribution in [1.29, 1.82) is 0 Å². The molecule has 0 saturated carbocycles. The predicted molar refractivity (Wildman–Crippen MR) is 62.8 cm³/mol. The molecule has 1 aromatic rings. The molecule has 1 heterocycles. The van der Waals surface area contributed by atoms with Gasteiger partial charge in [-0.15, -0.1) is 10.2 Å². The highest BCUT2D eigenvalue weighted by Gasteiger charge is 1.98. The molecule has 1 N–H and O–H groups in total. The number of unbranched alkanes of at least 4 members (excludes halogenated alkanes) is 3. The van der Waals surface area contributed by atoms with Gasteiger partial charge in [-0.3, -0.25) is 0 Å². The molecule has 86 valence electrons. The van der Waals surface area contributed by atoms with Crippen LogP contribution in [0.1, 0.15) is 31.5 Å². The van der Waals surface area contributed by atoms with Crippen LogP contribution in [0.5, 0.6) is 0 Å². The molecule has 0 fully saturated rings. The van der Waals surface area contributed by atoms with Crippen LogP contribution in [-0.4, -0.2) is 32.1 Å².